The highest BCUT2D eigenvalue weighted by Crippen LogP contribution is 2.19. The summed E-state index contributed by atoms with van der Waals surface area (Å²) < 4.78 is 0. The van der Waals surface area contributed by atoms with Crippen LogP contribution in [-0.2, 0) is 35.2 Å². The number of fused-ring (bicyclic) bond motifs is 1. The van der Waals surface area contributed by atoms with Crippen LogP contribution < -0.4 is 21.7 Å². The predicted octanol–water partition coefficient (Wildman–Crippen LogP) is -0.428. The molecule has 2 rings (SSSR count). The average Bonchev–Trinajstić information content (AvgIpc) is 3.27. The molecule has 0 fully saturated rings. The Morgan fingerprint density at radius 1 is 0.872 bits per heavy atom. The summed E-state index contributed by atoms with van der Waals surface area (Å²) in [5, 5.41) is 35.1. The molecule has 1 aromatic heterocycles. The van der Waals surface area contributed by atoms with Crippen molar-refractivity contribution in [2.24, 2.45) is 11.7 Å². The van der Waals surface area contributed by atoms with Gasteiger partial charge in [0.05, 0.1) is 18.9 Å². The molecule has 0 aliphatic rings. The number of rotatable bonds is 15. The Morgan fingerprint density at radius 2 is 1.49 bits per heavy atom. The first-order valence-electron chi connectivity index (χ1n) is 12.2. The molecule has 5 atom stereocenters. The topological polar surface area (TPSA) is 241 Å². The molecule has 0 saturated heterocycles. The van der Waals surface area contributed by atoms with Gasteiger partial charge < -0.3 is 42.0 Å². The number of hydrogen-bond acceptors (Lipinski definition) is 7. The molecule has 0 aliphatic carbocycles. The summed E-state index contributed by atoms with van der Waals surface area (Å²) in [5.41, 5.74) is 7.10. The second kappa shape index (κ2) is 13.9. The molecule has 0 spiro atoms. The molecule has 0 radical (unpaired) electrons. The van der Waals surface area contributed by atoms with Gasteiger partial charge in [-0.15, -0.1) is 0 Å². The molecule has 3 amide bonds. The second-order valence-corrected chi connectivity index (χ2v) is 9.20. The van der Waals surface area contributed by atoms with Crippen LogP contribution in [0.1, 0.15) is 38.7 Å². The minimum atomic E-state index is -1.73. The van der Waals surface area contributed by atoms with Crippen molar-refractivity contribution in [2.45, 2.75) is 63.7 Å². The zero-order valence-electron chi connectivity index (χ0n) is 21.5. The van der Waals surface area contributed by atoms with E-state index in [2.05, 4.69) is 20.9 Å². The first-order chi connectivity index (χ1) is 18.3. The summed E-state index contributed by atoms with van der Waals surface area (Å²) in [4.78, 5) is 75.6. The van der Waals surface area contributed by atoms with E-state index in [1.54, 1.807) is 32.2 Å². The van der Waals surface area contributed by atoms with E-state index in [-0.39, 0.29) is 6.42 Å². The van der Waals surface area contributed by atoms with Crippen LogP contribution in [-0.4, -0.2) is 80.1 Å². The SMILES string of the molecule is CCC(C)C(NC(=O)C(Cc1c[nH]c2ccccc12)NC(=O)C(N)CC(=O)O)C(=O)NC(CC(=O)O)C(=O)O. The smallest absolute Gasteiger partial charge is 0.326 e. The third-order valence-electron chi connectivity index (χ3n) is 6.25. The Labute approximate surface area is 223 Å². The lowest BCUT2D eigenvalue weighted by molar-refractivity contribution is -0.147. The highest BCUT2D eigenvalue weighted by Gasteiger charge is 2.34. The normalized spacial score (nSPS) is 14.8. The summed E-state index contributed by atoms with van der Waals surface area (Å²) in [6.07, 6.45) is 0.440. The van der Waals surface area contributed by atoms with Crippen molar-refractivity contribution in [1.82, 2.24) is 20.9 Å². The monoisotopic (exact) mass is 547 g/mol. The lowest BCUT2D eigenvalue weighted by atomic mass is 9.96. The van der Waals surface area contributed by atoms with Crippen molar-refractivity contribution in [3.8, 4) is 0 Å². The largest absolute Gasteiger partial charge is 0.481 e. The standard InChI is InChI=1S/C25H33N5O9/c1-3-12(2)21(24(37)29-18(25(38)39)10-20(33)34)30-23(36)17(28-22(35)15(26)9-19(31)32)8-13-11-27-16-7-5-4-6-14(13)16/h4-7,11-12,15,17-18,21,27H,3,8-10,26H2,1-2H3,(H,28,35)(H,29,37)(H,30,36)(H,31,32)(H,33,34)(H,38,39). The first-order valence-corrected chi connectivity index (χ1v) is 12.2. The average molecular weight is 548 g/mol. The number of aromatic nitrogens is 1. The van der Waals surface area contributed by atoms with Crippen LogP contribution in [0.3, 0.4) is 0 Å². The highest BCUT2D eigenvalue weighted by atomic mass is 16.4. The molecule has 39 heavy (non-hydrogen) atoms. The number of para-hydroxylation sites is 1. The lowest BCUT2D eigenvalue weighted by Gasteiger charge is -2.28. The molecule has 0 bridgehead atoms. The zero-order valence-corrected chi connectivity index (χ0v) is 21.5. The maximum absolute atomic E-state index is 13.4. The van der Waals surface area contributed by atoms with E-state index in [4.69, 9.17) is 15.9 Å². The fourth-order valence-corrected chi connectivity index (χ4v) is 3.88. The number of carboxylic acids is 3. The van der Waals surface area contributed by atoms with Crippen LogP contribution in [0.2, 0.25) is 0 Å². The van der Waals surface area contributed by atoms with E-state index in [1.807, 2.05) is 12.1 Å². The Kier molecular flexibility index (Phi) is 11.0. The Hall–Kier alpha value is -4.46. The molecule has 9 N–H and O–H groups in total. The van der Waals surface area contributed by atoms with Gasteiger partial charge in [-0.05, 0) is 17.5 Å². The Bertz CT molecular complexity index is 1230. The summed E-state index contributed by atoms with van der Waals surface area (Å²) in [5.74, 6) is -7.42. The van der Waals surface area contributed by atoms with E-state index >= 15 is 0 Å². The number of nitrogens with two attached hydrogens (primary N) is 1. The van der Waals surface area contributed by atoms with Crippen LogP contribution in [0.4, 0.5) is 0 Å². The van der Waals surface area contributed by atoms with Crippen LogP contribution in [0.25, 0.3) is 10.9 Å². The summed E-state index contributed by atoms with van der Waals surface area (Å²) in [7, 11) is 0. The molecule has 14 heteroatoms. The number of benzene rings is 1. The maximum atomic E-state index is 13.4. The Balaban J connectivity index is 2.33. The van der Waals surface area contributed by atoms with E-state index in [0.717, 1.165) is 10.9 Å². The molecule has 1 heterocycles. The fourth-order valence-electron chi connectivity index (χ4n) is 3.88. The maximum Gasteiger partial charge on any atom is 0.326 e. The first kappa shape index (κ1) is 30.8. The van der Waals surface area contributed by atoms with E-state index in [9.17, 15) is 33.9 Å². The fraction of sp³-hybridized carbons (Fsp3) is 0.440. The van der Waals surface area contributed by atoms with Crippen LogP contribution in [0.5, 0.6) is 0 Å². The van der Waals surface area contributed by atoms with Crippen molar-refractivity contribution in [1.29, 1.82) is 0 Å². The number of carboxylic acid groups (broad SMARTS) is 3. The minimum absolute atomic E-state index is 0.0486. The summed E-state index contributed by atoms with van der Waals surface area (Å²) in [6, 6.07) is 1.49. The number of hydrogen-bond donors (Lipinski definition) is 8. The molecular formula is C25H33N5O9. The van der Waals surface area contributed by atoms with Crippen LogP contribution in [0.15, 0.2) is 30.5 Å². The van der Waals surface area contributed by atoms with Crippen LogP contribution in [0, 0.1) is 5.92 Å². The van der Waals surface area contributed by atoms with Gasteiger partial charge in [0.2, 0.25) is 17.7 Å². The number of aliphatic carboxylic acids is 3. The Morgan fingerprint density at radius 3 is 2.08 bits per heavy atom. The molecule has 1 aromatic carbocycles. The summed E-state index contributed by atoms with van der Waals surface area (Å²) in [6.45, 7) is 3.37. The van der Waals surface area contributed by atoms with Gasteiger partial charge in [0.15, 0.2) is 0 Å². The van der Waals surface area contributed by atoms with Crippen molar-refractivity contribution < 1.29 is 44.1 Å². The van der Waals surface area contributed by atoms with Gasteiger partial charge in [-0.3, -0.25) is 24.0 Å². The van der Waals surface area contributed by atoms with E-state index in [1.165, 1.54) is 0 Å². The predicted molar refractivity (Wildman–Crippen MR) is 137 cm³/mol. The lowest BCUT2D eigenvalue weighted by Crippen LogP contribution is -2.59. The number of amides is 3. The van der Waals surface area contributed by atoms with E-state index < -0.39 is 78.6 Å². The quantitative estimate of drug-likeness (QED) is 0.143. The number of aromatic amines is 1. The number of carbonyl (C=O) groups is 6. The van der Waals surface area contributed by atoms with Crippen LogP contribution >= 0.6 is 0 Å². The van der Waals surface area contributed by atoms with Crippen molar-refractivity contribution >= 4 is 46.5 Å². The third-order valence-corrected chi connectivity index (χ3v) is 6.25. The molecule has 0 aliphatic heterocycles. The zero-order chi connectivity index (χ0) is 29.3. The van der Waals surface area contributed by atoms with Crippen molar-refractivity contribution in [2.75, 3.05) is 0 Å². The van der Waals surface area contributed by atoms with Gasteiger partial charge in [0, 0.05) is 23.5 Å². The number of carbonyl (C=O) groups excluding carboxylic acids is 3. The van der Waals surface area contributed by atoms with Gasteiger partial charge >= 0.3 is 17.9 Å². The van der Waals surface area contributed by atoms with Gasteiger partial charge in [-0.2, -0.15) is 0 Å². The number of nitrogens with one attached hydrogen (secondary N) is 4. The summed E-state index contributed by atoms with van der Waals surface area (Å²) >= 11 is 0. The third kappa shape index (κ3) is 8.81. The van der Waals surface area contributed by atoms with Crippen molar-refractivity contribution in [3.63, 3.8) is 0 Å². The molecule has 5 unspecified atom stereocenters. The van der Waals surface area contributed by atoms with Gasteiger partial charge in [0.25, 0.3) is 0 Å². The van der Waals surface area contributed by atoms with Gasteiger partial charge in [-0.25, -0.2) is 4.79 Å². The molecular weight excluding hydrogens is 514 g/mol. The van der Waals surface area contributed by atoms with Crippen molar-refractivity contribution in [3.05, 3.63) is 36.0 Å². The second-order valence-electron chi connectivity index (χ2n) is 9.20. The van der Waals surface area contributed by atoms with Gasteiger partial charge in [-0.1, -0.05) is 38.5 Å². The molecule has 0 saturated carbocycles. The highest BCUT2D eigenvalue weighted by molar-refractivity contribution is 5.96. The molecule has 14 nitrogen and oxygen atoms in total. The number of H-pyrrole nitrogens is 1. The molecule has 212 valence electrons. The van der Waals surface area contributed by atoms with E-state index in [0.29, 0.717) is 12.0 Å². The minimum Gasteiger partial charge on any atom is -0.481 e. The van der Waals surface area contributed by atoms with Gasteiger partial charge in [0.1, 0.15) is 18.1 Å². The molecule has 2 aromatic rings.